The molecule has 0 aliphatic heterocycles. The van der Waals surface area contributed by atoms with Crippen molar-refractivity contribution in [2.45, 2.75) is 58.5 Å². The molecule has 3 unspecified atom stereocenters. The summed E-state index contributed by atoms with van der Waals surface area (Å²) in [5, 5.41) is 12.6. The SMILES string of the molecule is CCCC(C)C(CC)NC(CCO)COC. The monoisotopic (exact) mass is 231 g/mol. The van der Waals surface area contributed by atoms with Gasteiger partial charge in [-0.25, -0.2) is 0 Å². The molecule has 0 aromatic rings. The highest BCUT2D eigenvalue weighted by molar-refractivity contribution is 4.77. The Kier molecular flexibility index (Phi) is 9.99. The summed E-state index contributed by atoms with van der Waals surface area (Å²) < 4.78 is 5.17. The summed E-state index contributed by atoms with van der Waals surface area (Å²) in [6, 6.07) is 0.811. The molecule has 3 atom stereocenters. The van der Waals surface area contributed by atoms with Gasteiger partial charge in [0.2, 0.25) is 0 Å². The number of hydrogen-bond acceptors (Lipinski definition) is 3. The number of hydrogen-bond donors (Lipinski definition) is 2. The van der Waals surface area contributed by atoms with Gasteiger partial charge in [-0.15, -0.1) is 0 Å². The van der Waals surface area contributed by atoms with Crippen molar-refractivity contribution in [3.63, 3.8) is 0 Å². The van der Waals surface area contributed by atoms with Crippen molar-refractivity contribution in [2.24, 2.45) is 5.92 Å². The number of ether oxygens (including phenoxy) is 1. The van der Waals surface area contributed by atoms with Crippen LogP contribution in [0.2, 0.25) is 0 Å². The van der Waals surface area contributed by atoms with Gasteiger partial charge >= 0.3 is 0 Å². The molecule has 98 valence electrons. The van der Waals surface area contributed by atoms with Crippen molar-refractivity contribution in [3.05, 3.63) is 0 Å². The van der Waals surface area contributed by atoms with Gasteiger partial charge in [0.1, 0.15) is 0 Å². The average molecular weight is 231 g/mol. The summed E-state index contributed by atoms with van der Waals surface area (Å²) in [6.45, 7) is 7.64. The molecule has 0 aliphatic rings. The Morgan fingerprint density at radius 1 is 1.25 bits per heavy atom. The second-order valence-electron chi connectivity index (χ2n) is 4.61. The Balaban J connectivity index is 4.12. The number of aliphatic hydroxyl groups excluding tert-OH is 1. The maximum absolute atomic E-state index is 9.00. The van der Waals surface area contributed by atoms with E-state index in [1.54, 1.807) is 7.11 Å². The summed E-state index contributed by atoms with van der Waals surface area (Å²) in [4.78, 5) is 0. The molecule has 2 N–H and O–H groups in total. The second-order valence-corrected chi connectivity index (χ2v) is 4.61. The van der Waals surface area contributed by atoms with Gasteiger partial charge in [0.15, 0.2) is 0 Å². The van der Waals surface area contributed by atoms with Crippen LogP contribution < -0.4 is 5.32 Å². The molecule has 3 nitrogen and oxygen atoms in total. The molecule has 0 saturated heterocycles. The minimum absolute atomic E-state index is 0.222. The van der Waals surface area contributed by atoms with Crippen molar-refractivity contribution in [1.29, 1.82) is 0 Å². The van der Waals surface area contributed by atoms with Crippen LogP contribution in [0.15, 0.2) is 0 Å². The van der Waals surface area contributed by atoms with E-state index in [-0.39, 0.29) is 12.6 Å². The standard InChI is InChI=1S/C13H29NO2/c1-5-7-11(3)13(6-2)14-12(8-9-15)10-16-4/h11-15H,5-10H2,1-4H3. The zero-order valence-electron chi connectivity index (χ0n) is 11.3. The molecule has 0 bridgehead atoms. The average Bonchev–Trinajstić information content (AvgIpc) is 2.26. The minimum atomic E-state index is 0.222. The first-order chi connectivity index (χ1) is 7.69. The van der Waals surface area contributed by atoms with Gasteiger partial charge in [0.25, 0.3) is 0 Å². The van der Waals surface area contributed by atoms with Crippen LogP contribution in [-0.2, 0) is 4.74 Å². The lowest BCUT2D eigenvalue weighted by molar-refractivity contribution is 0.135. The van der Waals surface area contributed by atoms with E-state index in [4.69, 9.17) is 9.84 Å². The van der Waals surface area contributed by atoms with Gasteiger partial charge in [-0.05, 0) is 25.2 Å². The topological polar surface area (TPSA) is 41.5 Å². The van der Waals surface area contributed by atoms with Gasteiger partial charge in [-0.3, -0.25) is 0 Å². The number of rotatable bonds is 10. The van der Waals surface area contributed by atoms with Crippen molar-refractivity contribution in [1.82, 2.24) is 5.32 Å². The van der Waals surface area contributed by atoms with E-state index in [9.17, 15) is 0 Å². The van der Waals surface area contributed by atoms with Crippen LogP contribution >= 0.6 is 0 Å². The molecule has 0 spiro atoms. The second kappa shape index (κ2) is 10.1. The van der Waals surface area contributed by atoms with Gasteiger partial charge in [0, 0.05) is 25.8 Å². The Labute approximate surface area is 101 Å². The smallest absolute Gasteiger partial charge is 0.0616 e. The molecule has 0 aromatic heterocycles. The molecule has 16 heavy (non-hydrogen) atoms. The van der Waals surface area contributed by atoms with Crippen LogP contribution in [0.5, 0.6) is 0 Å². The first-order valence-electron chi connectivity index (χ1n) is 6.55. The molecular formula is C13H29NO2. The predicted octanol–water partition coefficient (Wildman–Crippen LogP) is 2.19. The first-order valence-corrected chi connectivity index (χ1v) is 6.55. The van der Waals surface area contributed by atoms with E-state index < -0.39 is 0 Å². The highest BCUT2D eigenvalue weighted by atomic mass is 16.5. The van der Waals surface area contributed by atoms with Crippen LogP contribution in [0.1, 0.15) is 46.5 Å². The Bertz CT molecular complexity index is 147. The molecule has 0 fully saturated rings. The fourth-order valence-electron chi connectivity index (χ4n) is 2.22. The lowest BCUT2D eigenvalue weighted by atomic mass is 9.94. The van der Waals surface area contributed by atoms with E-state index in [2.05, 4.69) is 26.1 Å². The molecule has 0 aliphatic carbocycles. The summed E-state index contributed by atoms with van der Waals surface area (Å²) in [7, 11) is 1.71. The van der Waals surface area contributed by atoms with Gasteiger partial charge < -0.3 is 15.2 Å². The van der Waals surface area contributed by atoms with Gasteiger partial charge in [0.05, 0.1) is 6.61 Å². The number of methoxy groups -OCH3 is 1. The Morgan fingerprint density at radius 2 is 1.94 bits per heavy atom. The maximum Gasteiger partial charge on any atom is 0.0616 e. The fourth-order valence-corrected chi connectivity index (χ4v) is 2.22. The summed E-state index contributed by atoms with van der Waals surface area (Å²) in [6.07, 6.45) is 4.38. The van der Waals surface area contributed by atoms with Crippen molar-refractivity contribution in [3.8, 4) is 0 Å². The zero-order chi connectivity index (χ0) is 12.4. The van der Waals surface area contributed by atoms with Crippen LogP contribution in [0.3, 0.4) is 0 Å². The summed E-state index contributed by atoms with van der Waals surface area (Å²) in [5.74, 6) is 0.688. The summed E-state index contributed by atoms with van der Waals surface area (Å²) >= 11 is 0. The Hall–Kier alpha value is -0.120. The third kappa shape index (κ3) is 6.46. The van der Waals surface area contributed by atoms with E-state index >= 15 is 0 Å². The lowest BCUT2D eigenvalue weighted by Gasteiger charge is -2.28. The lowest BCUT2D eigenvalue weighted by Crippen LogP contribution is -2.44. The zero-order valence-corrected chi connectivity index (χ0v) is 11.3. The molecular weight excluding hydrogens is 202 g/mol. The third-order valence-electron chi connectivity index (χ3n) is 3.17. The quantitative estimate of drug-likeness (QED) is 0.605. The maximum atomic E-state index is 9.00. The number of nitrogens with one attached hydrogen (secondary N) is 1. The molecule has 0 amide bonds. The van der Waals surface area contributed by atoms with Gasteiger partial charge in [-0.1, -0.05) is 27.2 Å². The first kappa shape index (κ1) is 15.9. The summed E-state index contributed by atoms with van der Waals surface area (Å²) in [5.41, 5.74) is 0. The van der Waals surface area contributed by atoms with Crippen molar-refractivity contribution < 1.29 is 9.84 Å². The highest BCUT2D eigenvalue weighted by Gasteiger charge is 2.18. The molecule has 0 saturated carbocycles. The largest absolute Gasteiger partial charge is 0.396 e. The Morgan fingerprint density at radius 3 is 2.38 bits per heavy atom. The van der Waals surface area contributed by atoms with Gasteiger partial charge in [-0.2, -0.15) is 0 Å². The normalized spacial score (nSPS) is 17.1. The van der Waals surface area contributed by atoms with Crippen LogP contribution in [0, 0.1) is 5.92 Å². The van der Waals surface area contributed by atoms with E-state index in [0.29, 0.717) is 18.6 Å². The van der Waals surface area contributed by atoms with E-state index in [0.717, 1.165) is 12.8 Å². The van der Waals surface area contributed by atoms with Crippen LogP contribution in [0.4, 0.5) is 0 Å². The van der Waals surface area contributed by atoms with Crippen LogP contribution in [-0.4, -0.2) is 37.5 Å². The molecule has 0 aromatic carbocycles. The minimum Gasteiger partial charge on any atom is -0.396 e. The fraction of sp³-hybridized carbons (Fsp3) is 1.00. The number of aliphatic hydroxyl groups is 1. The molecule has 0 heterocycles. The molecule has 0 radical (unpaired) electrons. The van der Waals surface area contributed by atoms with Crippen molar-refractivity contribution >= 4 is 0 Å². The molecule has 0 rings (SSSR count). The van der Waals surface area contributed by atoms with Crippen molar-refractivity contribution in [2.75, 3.05) is 20.3 Å². The van der Waals surface area contributed by atoms with E-state index in [1.807, 2.05) is 0 Å². The third-order valence-corrected chi connectivity index (χ3v) is 3.17. The van der Waals surface area contributed by atoms with Crippen LogP contribution in [0.25, 0.3) is 0 Å². The highest BCUT2D eigenvalue weighted by Crippen LogP contribution is 2.14. The predicted molar refractivity (Wildman–Crippen MR) is 68.7 cm³/mol. The van der Waals surface area contributed by atoms with E-state index in [1.165, 1.54) is 12.8 Å². The molecule has 3 heteroatoms.